The molecule has 0 aliphatic carbocycles. The molecule has 5 nitrogen and oxygen atoms in total. The largest absolute Gasteiger partial charge is 0.497 e. The molecular weight excluding hydrogens is 456 g/mol. The smallest absolute Gasteiger partial charge is 0.173 e. The Morgan fingerprint density at radius 3 is 2.58 bits per heavy atom. The SMILES string of the molecule is C=C(CC)C[C@@H]1CC2(C[C@@]3(C[C@@H](O)C[C@H](COCc4ccc(OC)cc4)O3)O1)SCCCS2. The van der Waals surface area contributed by atoms with Crippen molar-refractivity contribution >= 4 is 23.5 Å². The molecular formula is C26H38O5S2. The molecule has 184 valence electrons. The molecule has 0 unspecified atom stereocenters. The molecule has 3 saturated heterocycles. The van der Waals surface area contributed by atoms with Gasteiger partial charge in [-0.3, -0.25) is 0 Å². The summed E-state index contributed by atoms with van der Waals surface area (Å²) < 4.78 is 24.6. The van der Waals surface area contributed by atoms with Crippen molar-refractivity contribution < 1.29 is 24.1 Å². The molecule has 3 fully saturated rings. The number of aliphatic hydroxyl groups excluding tert-OH is 1. The van der Waals surface area contributed by atoms with Crippen molar-refractivity contribution in [2.24, 2.45) is 0 Å². The van der Waals surface area contributed by atoms with E-state index in [4.69, 9.17) is 18.9 Å². The summed E-state index contributed by atoms with van der Waals surface area (Å²) in [6.07, 6.45) is 5.46. The van der Waals surface area contributed by atoms with Crippen LogP contribution < -0.4 is 4.74 Å². The normalized spacial score (nSPS) is 31.5. The van der Waals surface area contributed by atoms with Gasteiger partial charge in [0.15, 0.2) is 5.79 Å². The monoisotopic (exact) mass is 494 g/mol. The fourth-order valence-corrected chi connectivity index (χ4v) is 8.69. The molecule has 1 aromatic carbocycles. The molecule has 7 heteroatoms. The Kier molecular flexibility index (Phi) is 8.74. The molecule has 33 heavy (non-hydrogen) atoms. The van der Waals surface area contributed by atoms with Crippen molar-refractivity contribution in [2.45, 2.75) is 86.7 Å². The molecule has 0 amide bonds. The Morgan fingerprint density at radius 2 is 1.88 bits per heavy atom. The number of hydrogen-bond acceptors (Lipinski definition) is 7. The molecule has 1 N–H and O–H groups in total. The second kappa shape index (κ2) is 11.4. The van der Waals surface area contributed by atoms with Crippen LogP contribution >= 0.6 is 23.5 Å². The van der Waals surface area contributed by atoms with E-state index in [1.807, 2.05) is 24.3 Å². The number of hydrogen-bond donors (Lipinski definition) is 1. The highest BCUT2D eigenvalue weighted by Gasteiger charge is 2.54. The van der Waals surface area contributed by atoms with E-state index < -0.39 is 11.9 Å². The van der Waals surface area contributed by atoms with E-state index in [1.165, 1.54) is 23.5 Å². The predicted molar refractivity (Wildman–Crippen MR) is 136 cm³/mol. The fourth-order valence-electron chi connectivity index (χ4n) is 5.10. The van der Waals surface area contributed by atoms with E-state index in [-0.39, 0.29) is 16.3 Å². The van der Waals surface area contributed by atoms with E-state index in [2.05, 4.69) is 37.0 Å². The van der Waals surface area contributed by atoms with Crippen LogP contribution in [0.1, 0.15) is 57.4 Å². The van der Waals surface area contributed by atoms with Crippen molar-refractivity contribution in [3.8, 4) is 5.75 Å². The van der Waals surface area contributed by atoms with Gasteiger partial charge in [0.05, 0.1) is 42.7 Å². The predicted octanol–water partition coefficient (Wildman–Crippen LogP) is 5.55. The number of aliphatic hydroxyl groups is 1. The van der Waals surface area contributed by atoms with Crippen LogP contribution in [0.25, 0.3) is 0 Å². The van der Waals surface area contributed by atoms with Gasteiger partial charge in [0, 0.05) is 19.3 Å². The van der Waals surface area contributed by atoms with E-state index in [0.717, 1.165) is 37.0 Å². The molecule has 0 aromatic heterocycles. The third kappa shape index (κ3) is 6.71. The van der Waals surface area contributed by atoms with Crippen molar-refractivity contribution in [1.82, 2.24) is 0 Å². The lowest BCUT2D eigenvalue weighted by atomic mass is 9.89. The van der Waals surface area contributed by atoms with Gasteiger partial charge in [0.2, 0.25) is 0 Å². The van der Waals surface area contributed by atoms with Gasteiger partial charge in [-0.15, -0.1) is 23.5 Å². The topological polar surface area (TPSA) is 57.2 Å². The Hall–Kier alpha value is -0.700. The Balaban J connectivity index is 1.42. The maximum atomic E-state index is 10.8. The van der Waals surface area contributed by atoms with Crippen LogP contribution in [0.15, 0.2) is 36.4 Å². The second-order valence-corrected chi connectivity index (χ2v) is 12.7. The van der Waals surface area contributed by atoms with Crippen LogP contribution in [-0.4, -0.2) is 58.5 Å². The van der Waals surface area contributed by atoms with Gasteiger partial charge in [0.25, 0.3) is 0 Å². The summed E-state index contributed by atoms with van der Waals surface area (Å²) in [5.41, 5.74) is 2.30. The molecule has 2 spiro atoms. The van der Waals surface area contributed by atoms with E-state index in [1.54, 1.807) is 7.11 Å². The maximum absolute atomic E-state index is 10.8. The van der Waals surface area contributed by atoms with Crippen LogP contribution in [0.3, 0.4) is 0 Å². The van der Waals surface area contributed by atoms with Crippen molar-refractivity contribution in [3.63, 3.8) is 0 Å². The first-order valence-corrected chi connectivity index (χ1v) is 14.1. The zero-order valence-electron chi connectivity index (χ0n) is 19.9. The Morgan fingerprint density at radius 1 is 1.15 bits per heavy atom. The minimum absolute atomic E-state index is 0.0791. The van der Waals surface area contributed by atoms with Crippen LogP contribution in [0.5, 0.6) is 5.75 Å². The van der Waals surface area contributed by atoms with Crippen LogP contribution in [0.4, 0.5) is 0 Å². The number of rotatable bonds is 8. The first-order chi connectivity index (χ1) is 15.9. The number of ether oxygens (including phenoxy) is 4. The third-order valence-electron chi connectivity index (χ3n) is 6.69. The summed E-state index contributed by atoms with van der Waals surface area (Å²) in [6, 6.07) is 7.89. The third-order valence-corrected chi connectivity index (χ3v) is 10.1. The van der Waals surface area contributed by atoms with E-state index in [9.17, 15) is 5.11 Å². The summed E-state index contributed by atoms with van der Waals surface area (Å²) in [5, 5.41) is 10.8. The Labute approximate surface area is 207 Å². The van der Waals surface area contributed by atoms with Gasteiger partial charge in [-0.1, -0.05) is 31.2 Å². The second-order valence-electron chi connectivity index (χ2n) is 9.50. The molecule has 3 heterocycles. The minimum Gasteiger partial charge on any atom is -0.497 e. The first kappa shape index (κ1) is 25.4. The highest BCUT2D eigenvalue weighted by Crippen LogP contribution is 2.56. The molecule has 4 atom stereocenters. The summed E-state index contributed by atoms with van der Waals surface area (Å²) >= 11 is 4.13. The van der Waals surface area contributed by atoms with Crippen molar-refractivity contribution in [3.05, 3.63) is 42.0 Å². The minimum atomic E-state index is -0.750. The van der Waals surface area contributed by atoms with Gasteiger partial charge in [-0.25, -0.2) is 0 Å². The van der Waals surface area contributed by atoms with E-state index >= 15 is 0 Å². The molecule has 4 rings (SSSR count). The number of thioether (sulfide) groups is 2. The number of benzene rings is 1. The zero-order chi connectivity index (χ0) is 23.3. The van der Waals surface area contributed by atoms with Gasteiger partial charge < -0.3 is 24.1 Å². The highest BCUT2D eigenvalue weighted by atomic mass is 32.2. The molecule has 0 bridgehead atoms. The molecule has 3 aliphatic heterocycles. The summed E-state index contributed by atoms with van der Waals surface area (Å²) in [6.45, 7) is 7.32. The highest BCUT2D eigenvalue weighted by molar-refractivity contribution is 8.18. The van der Waals surface area contributed by atoms with Gasteiger partial charge in [-0.05, 0) is 54.9 Å². The standard InChI is InChI=1S/C26H38O5S2/c1-4-19(2)12-23-15-26(32-10-5-11-33-26)18-25(30-23)14-21(27)13-24(31-25)17-29-16-20-6-8-22(28-3)9-7-20/h6-9,21,23-24,27H,2,4-5,10-18H2,1,3H3/t21-,23+,24+,25-/m0/s1. The lowest BCUT2D eigenvalue weighted by Gasteiger charge is -2.54. The van der Waals surface area contributed by atoms with Crippen molar-refractivity contribution in [1.29, 1.82) is 0 Å². The summed E-state index contributed by atoms with van der Waals surface area (Å²) in [5.74, 6) is 2.45. The van der Waals surface area contributed by atoms with Gasteiger partial charge in [0.1, 0.15) is 5.75 Å². The maximum Gasteiger partial charge on any atom is 0.173 e. The fraction of sp³-hybridized carbons (Fsp3) is 0.692. The summed E-state index contributed by atoms with van der Waals surface area (Å²) in [7, 11) is 1.66. The Bertz CT molecular complexity index is 779. The van der Waals surface area contributed by atoms with Gasteiger partial charge >= 0.3 is 0 Å². The quantitative estimate of drug-likeness (QED) is 0.476. The molecule has 0 radical (unpaired) electrons. The van der Waals surface area contributed by atoms with Crippen LogP contribution in [0, 0.1) is 0 Å². The average Bonchev–Trinajstić information content (AvgIpc) is 2.79. The lowest BCUT2D eigenvalue weighted by molar-refractivity contribution is -0.331. The lowest BCUT2D eigenvalue weighted by Crippen LogP contribution is -2.58. The zero-order valence-corrected chi connectivity index (χ0v) is 21.6. The van der Waals surface area contributed by atoms with E-state index in [0.29, 0.717) is 26.1 Å². The molecule has 3 aliphatic rings. The van der Waals surface area contributed by atoms with Gasteiger partial charge in [-0.2, -0.15) is 0 Å². The molecule has 0 saturated carbocycles. The van der Waals surface area contributed by atoms with Crippen LogP contribution in [-0.2, 0) is 20.8 Å². The average molecular weight is 495 g/mol. The first-order valence-electron chi connectivity index (χ1n) is 12.1. The number of methoxy groups -OCH3 is 1. The van der Waals surface area contributed by atoms with Crippen molar-refractivity contribution in [2.75, 3.05) is 25.2 Å². The summed E-state index contributed by atoms with van der Waals surface area (Å²) in [4.78, 5) is 0. The molecule has 1 aromatic rings. The van der Waals surface area contributed by atoms with Crippen LogP contribution in [0.2, 0.25) is 0 Å².